The number of aromatic nitrogens is 1. The summed E-state index contributed by atoms with van der Waals surface area (Å²) in [6.45, 7) is 10.4. The fourth-order valence-electron chi connectivity index (χ4n) is 4.19. The van der Waals surface area contributed by atoms with E-state index in [0.717, 1.165) is 68.8 Å². The molecule has 4 nitrogen and oxygen atoms in total. The van der Waals surface area contributed by atoms with Crippen molar-refractivity contribution in [2.45, 2.75) is 52.9 Å². The number of halogens is 2. The van der Waals surface area contributed by atoms with Gasteiger partial charge in [-0.3, -0.25) is 4.79 Å². The minimum atomic E-state index is -0.317. The average Bonchev–Trinajstić information content (AvgIpc) is 3.12. The van der Waals surface area contributed by atoms with Gasteiger partial charge in [0, 0.05) is 19.5 Å². The molecule has 0 bridgehead atoms. The molecule has 1 aromatic heterocycles. The van der Waals surface area contributed by atoms with Crippen LogP contribution >= 0.6 is 36.2 Å². The maximum atomic E-state index is 13.5. The fourth-order valence-corrected chi connectivity index (χ4v) is 5.30. The quantitative estimate of drug-likeness (QED) is 0.579. The van der Waals surface area contributed by atoms with Crippen LogP contribution in [0.5, 0.6) is 0 Å². The zero-order chi connectivity index (χ0) is 19.3. The lowest BCUT2D eigenvalue weighted by Crippen LogP contribution is -2.48. The molecule has 1 aromatic carbocycles. The summed E-state index contributed by atoms with van der Waals surface area (Å²) < 4.78 is 1.21. The number of rotatable bonds is 8. The Kier molecular flexibility index (Phi) is 10.9. The molecule has 2 heterocycles. The summed E-state index contributed by atoms with van der Waals surface area (Å²) in [4.78, 5) is 20.4. The van der Waals surface area contributed by atoms with Gasteiger partial charge in [0.25, 0.3) is 0 Å². The van der Waals surface area contributed by atoms with Crippen molar-refractivity contribution in [2.75, 3.05) is 26.2 Å². The molecule has 1 fully saturated rings. The van der Waals surface area contributed by atoms with Crippen molar-refractivity contribution in [3.63, 3.8) is 0 Å². The third-order valence-corrected chi connectivity index (χ3v) is 7.26. The van der Waals surface area contributed by atoms with Crippen LogP contribution in [-0.4, -0.2) is 42.0 Å². The molecule has 1 N–H and O–H groups in total. The molecule has 0 radical (unpaired) electrons. The number of carbonyl (C=O) groups excluding carboxylic acids is 1. The molecule has 7 heteroatoms. The number of hydrogen-bond acceptors (Lipinski definition) is 4. The Labute approximate surface area is 191 Å². The van der Waals surface area contributed by atoms with Gasteiger partial charge in [-0.05, 0) is 56.8 Å². The van der Waals surface area contributed by atoms with Gasteiger partial charge in [0.05, 0.1) is 20.6 Å². The van der Waals surface area contributed by atoms with Gasteiger partial charge in [0.1, 0.15) is 0 Å². The van der Waals surface area contributed by atoms with Crippen molar-refractivity contribution in [3.8, 4) is 0 Å². The molecular weight excluding hydrogens is 425 g/mol. The summed E-state index contributed by atoms with van der Waals surface area (Å²) in [5, 5.41) is 4.54. The molecule has 0 saturated carbocycles. The second kappa shape index (κ2) is 12.1. The summed E-state index contributed by atoms with van der Waals surface area (Å²) in [7, 11) is 0. The van der Waals surface area contributed by atoms with Crippen LogP contribution in [-0.2, 0) is 11.2 Å². The summed E-state index contributed by atoms with van der Waals surface area (Å²) >= 11 is 1.74. The van der Waals surface area contributed by atoms with E-state index in [9.17, 15) is 4.79 Å². The molecule has 2 aromatic rings. The van der Waals surface area contributed by atoms with Crippen molar-refractivity contribution in [2.24, 2.45) is 11.3 Å². The number of nitrogens with one attached hydrogen (secondary N) is 1. The van der Waals surface area contributed by atoms with E-state index in [2.05, 4.69) is 49.2 Å². The molecule has 1 amide bonds. The number of benzene rings is 1. The second-order valence-corrected chi connectivity index (χ2v) is 8.90. The molecular formula is C22H35Cl2N3OS. The summed E-state index contributed by atoms with van der Waals surface area (Å²) in [5.74, 6) is 1.05. The van der Waals surface area contributed by atoms with Crippen molar-refractivity contribution in [1.29, 1.82) is 0 Å². The zero-order valence-corrected chi connectivity index (χ0v) is 20.2. The van der Waals surface area contributed by atoms with E-state index < -0.39 is 0 Å². The lowest BCUT2D eigenvalue weighted by atomic mass is 9.77. The number of para-hydroxylation sites is 1. The Balaban J connectivity index is 0.00000210. The highest BCUT2D eigenvalue weighted by Gasteiger charge is 2.40. The van der Waals surface area contributed by atoms with Gasteiger partial charge in [-0.25, -0.2) is 4.98 Å². The highest BCUT2D eigenvalue weighted by atomic mass is 35.5. The molecule has 0 spiro atoms. The van der Waals surface area contributed by atoms with Crippen molar-refractivity contribution in [1.82, 2.24) is 15.2 Å². The molecule has 29 heavy (non-hydrogen) atoms. The number of carbonyl (C=O) groups is 1. The van der Waals surface area contributed by atoms with E-state index in [1.165, 1.54) is 4.70 Å². The number of thiazole rings is 1. The van der Waals surface area contributed by atoms with Crippen LogP contribution in [0.25, 0.3) is 10.2 Å². The Bertz CT molecular complexity index is 722. The van der Waals surface area contributed by atoms with Gasteiger partial charge in [-0.2, -0.15) is 0 Å². The molecule has 0 aliphatic carbocycles. The highest BCUT2D eigenvalue weighted by molar-refractivity contribution is 7.18. The van der Waals surface area contributed by atoms with Gasteiger partial charge >= 0.3 is 0 Å². The Morgan fingerprint density at radius 1 is 1.17 bits per heavy atom. The predicted molar refractivity (Wildman–Crippen MR) is 129 cm³/mol. The molecule has 0 unspecified atom stereocenters. The highest BCUT2D eigenvalue weighted by Crippen LogP contribution is 2.36. The molecule has 1 saturated heterocycles. The number of nitrogens with zero attached hydrogens (tertiary/aromatic N) is 2. The first-order valence-electron chi connectivity index (χ1n) is 10.5. The predicted octanol–water partition coefficient (Wildman–Crippen LogP) is 5.34. The minimum Gasteiger partial charge on any atom is -0.342 e. The Hall–Kier alpha value is -0.880. The van der Waals surface area contributed by atoms with Gasteiger partial charge in [-0.1, -0.05) is 32.9 Å². The maximum Gasteiger partial charge on any atom is 0.229 e. The molecule has 164 valence electrons. The summed E-state index contributed by atoms with van der Waals surface area (Å²) in [5.41, 5.74) is 0.734. The van der Waals surface area contributed by atoms with E-state index in [0.29, 0.717) is 11.8 Å². The lowest BCUT2D eigenvalue weighted by Gasteiger charge is -2.39. The van der Waals surface area contributed by atoms with Gasteiger partial charge in [-0.15, -0.1) is 36.2 Å². The smallest absolute Gasteiger partial charge is 0.229 e. The topological polar surface area (TPSA) is 45.2 Å². The van der Waals surface area contributed by atoms with Crippen molar-refractivity contribution >= 4 is 52.3 Å². The fraction of sp³-hybridized carbons (Fsp3) is 0.636. The third kappa shape index (κ3) is 6.06. The molecule has 3 rings (SSSR count). The molecule has 0 atom stereocenters. The van der Waals surface area contributed by atoms with E-state index in [4.69, 9.17) is 4.98 Å². The first-order chi connectivity index (χ1) is 13.1. The zero-order valence-electron chi connectivity index (χ0n) is 17.8. The normalized spacial score (nSPS) is 15.1. The van der Waals surface area contributed by atoms with Crippen LogP contribution in [0.1, 0.15) is 51.5 Å². The standard InChI is InChI=1S/C22H33N3OS.2ClH/c1-4-22(5-2,15-20-24-18-9-7-8-10-19(18)27-20)21(26)25-13-11-17(12-14-25)16-23-6-3;;/h7-10,17,23H,4-6,11-16H2,1-3H3;2*1H. The van der Waals surface area contributed by atoms with Crippen LogP contribution in [0, 0.1) is 11.3 Å². The molecule has 1 aliphatic heterocycles. The second-order valence-electron chi connectivity index (χ2n) is 7.78. The summed E-state index contributed by atoms with van der Waals surface area (Å²) in [6, 6.07) is 8.26. The average molecular weight is 461 g/mol. The maximum absolute atomic E-state index is 13.5. The van der Waals surface area contributed by atoms with Crippen molar-refractivity contribution in [3.05, 3.63) is 29.3 Å². The largest absolute Gasteiger partial charge is 0.342 e. The van der Waals surface area contributed by atoms with Crippen LogP contribution in [0.4, 0.5) is 0 Å². The molecule has 1 aliphatic rings. The van der Waals surface area contributed by atoms with E-state index in [-0.39, 0.29) is 30.2 Å². The van der Waals surface area contributed by atoms with Crippen molar-refractivity contribution < 1.29 is 4.79 Å². The lowest BCUT2D eigenvalue weighted by molar-refractivity contribution is -0.144. The number of amides is 1. The van der Waals surface area contributed by atoms with E-state index >= 15 is 0 Å². The van der Waals surface area contributed by atoms with Gasteiger partial charge < -0.3 is 10.2 Å². The van der Waals surface area contributed by atoms with Crippen LogP contribution in [0.15, 0.2) is 24.3 Å². The van der Waals surface area contributed by atoms with Gasteiger partial charge in [0.2, 0.25) is 5.91 Å². The van der Waals surface area contributed by atoms with Crippen LogP contribution < -0.4 is 5.32 Å². The number of fused-ring (bicyclic) bond motifs is 1. The van der Waals surface area contributed by atoms with E-state index in [1.807, 2.05) is 6.07 Å². The SMILES string of the molecule is CCNCC1CCN(C(=O)C(CC)(CC)Cc2nc3ccccc3s2)CC1.Cl.Cl. The summed E-state index contributed by atoms with van der Waals surface area (Å²) in [6.07, 6.45) is 4.73. The Morgan fingerprint density at radius 3 is 2.41 bits per heavy atom. The van der Waals surface area contributed by atoms with Crippen LogP contribution in [0.2, 0.25) is 0 Å². The van der Waals surface area contributed by atoms with E-state index in [1.54, 1.807) is 11.3 Å². The Morgan fingerprint density at radius 2 is 1.83 bits per heavy atom. The number of likely N-dealkylation sites (tertiary alicyclic amines) is 1. The first kappa shape index (κ1) is 26.2. The monoisotopic (exact) mass is 459 g/mol. The van der Waals surface area contributed by atoms with Crippen LogP contribution in [0.3, 0.4) is 0 Å². The minimum absolute atomic E-state index is 0. The van der Waals surface area contributed by atoms with Gasteiger partial charge in [0.15, 0.2) is 0 Å². The number of hydrogen-bond donors (Lipinski definition) is 1. The number of piperidine rings is 1. The first-order valence-corrected chi connectivity index (χ1v) is 11.3. The third-order valence-electron chi connectivity index (χ3n) is 6.22.